The van der Waals surface area contributed by atoms with Crippen molar-refractivity contribution in [2.75, 3.05) is 19.6 Å². The van der Waals surface area contributed by atoms with E-state index in [1.807, 2.05) is 24.3 Å². The average molecular weight is 343 g/mol. The van der Waals surface area contributed by atoms with E-state index in [0.29, 0.717) is 23.4 Å². The molecule has 1 aromatic rings. The highest BCUT2D eigenvalue weighted by Gasteiger charge is 2.40. The maximum Gasteiger partial charge on any atom is 0.251 e. The molecule has 4 atom stereocenters. The first kappa shape index (κ1) is 16.9. The molecule has 0 radical (unpaired) electrons. The quantitative estimate of drug-likeness (QED) is 0.880. The molecule has 1 amide bonds. The summed E-state index contributed by atoms with van der Waals surface area (Å²) in [5.74, 6) is 2.13. The van der Waals surface area contributed by atoms with Crippen LogP contribution in [0.3, 0.4) is 0 Å². The Labute approximate surface area is 150 Å². The van der Waals surface area contributed by atoms with Crippen molar-refractivity contribution in [3.05, 3.63) is 29.8 Å². The molecule has 136 valence electrons. The average Bonchev–Trinajstić information content (AvgIpc) is 3.04. The van der Waals surface area contributed by atoms with Crippen molar-refractivity contribution in [2.24, 2.45) is 11.8 Å². The van der Waals surface area contributed by atoms with Crippen molar-refractivity contribution in [1.29, 1.82) is 0 Å². The largest absolute Gasteiger partial charge is 0.475 e. The second-order valence-electron chi connectivity index (χ2n) is 7.99. The third-order valence-corrected chi connectivity index (χ3v) is 6.18. The lowest BCUT2D eigenvalue weighted by atomic mass is 9.79. The second-order valence-corrected chi connectivity index (χ2v) is 7.99. The zero-order valence-corrected chi connectivity index (χ0v) is 15.2. The first-order chi connectivity index (χ1) is 12.1. The summed E-state index contributed by atoms with van der Waals surface area (Å²) in [6, 6.07) is 8.26. The van der Waals surface area contributed by atoms with Gasteiger partial charge in [-0.1, -0.05) is 6.92 Å². The highest BCUT2D eigenvalue weighted by Crippen LogP contribution is 2.32. The van der Waals surface area contributed by atoms with Crippen LogP contribution in [-0.2, 0) is 0 Å². The van der Waals surface area contributed by atoms with Crippen molar-refractivity contribution < 1.29 is 9.53 Å². The van der Waals surface area contributed by atoms with Gasteiger partial charge in [-0.05, 0) is 69.0 Å². The molecule has 2 N–H and O–H groups in total. The van der Waals surface area contributed by atoms with Crippen molar-refractivity contribution in [2.45, 2.75) is 51.4 Å². The Morgan fingerprint density at radius 1 is 1.20 bits per heavy atom. The molecule has 4 saturated heterocycles. The standard InChI is InChI=1S/C20H29N3O2/c1-13-11-18(21-12-13)25-17-5-3-16(4-6-17)20(24)22-19-14(2)23-9-7-15(19)8-10-23/h3-6,13-15,18-19,21H,7-12H2,1-2H3,(H,22,24)/t13?,14-,18?,19-/m0/s1. The molecule has 5 rings (SSSR count). The fraction of sp³-hybridized carbons (Fsp3) is 0.650. The summed E-state index contributed by atoms with van der Waals surface area (Å²) in [5.41, 5.74) is 0.712. The van der Waals surface area contributed by atoms with Crippen molar-refractivity contribution in [1.82, 2.24) is 15.5 Å². The van der Waals surface area contributed by atoms with E-state index in [2.05, 4.69) is 29.4 Å². The maximum absolute atomic E-state index is 12.7. The molecular formula is C20H29N3O2. The second kappa shape index (κ2) is 6.96. The summed E-state index contributed by atoms with van der Waals surface area (Å²) in [7, 11) is 0. The molecule has 4 heterocycles. The van der Waals surface area contributed by atoms with Gasteiger partial charge in [-0.25, -0.2) is 0 Å². The fourth-order valence-corrected chi connectivity index (χ4v) is 4.58. The molecule has 2 unspecified atom stereocenters. The van der Waals surface area contributed by atoms with Crippen LogP contribution in [0.25, 0.3) is 0 Å². The van der Waals surface area contributed by atoms with Gasteiger partial charge in [-0.3, -0.25) is 15.0 Å². The third-order valence-electron chi connectivity index (χ3n) is 6.18. The van der Waals surface area contributed by atoms with Crippen LogP contribution in [0.4, 0.5) is 0 Å². The van der Waals surface area contributed by atoms with E-state index in [-0.39, 0.29) is 18.2 Å². The minimum absolute atomic E-state index is 0.0322. The van der Waals surface area contributed by atoms with Gasteiger partial charge in [0.15, 0.2) is 6.23 Å². The number of hydrogen-bond acceptors (Lipinski definition) is 4. The fourth-order valence-electron chi connectivity index (χ4n) is 4.58. The minimum Gasteiger partial charge on any atom is -0.475 e. The Morgan fingerprint density at radius 2 is 1.92 bits per heavy atom. The lowest BCUT2D eigenvalue weighted by Gasteiger charge is -2.49. The van der Waals surface area contributed by atoms with Gasteiger partial charge in [-0.2, -0.15) is 0 Å². The molecule has 4 fully saturated rings. The maximum atomic E-state index is 12.7. The molecule has 4 aliphatic heterocycles. The summed E-state index contributed by atoms with van der Waals surface area (Å²) in [6.07, 6.45) is 3.52. The van der Waals surface area contributed by atoms with Crippen LogP contribution >= 0.6 is 0 Å². The number of piperidine rings is 3. The molecule has 2 bridgehead atoms. The van der Waals surface area contributed by atoms with Gasteiger partial charge in [0.25, 0.3) is 5.91 Å². The van der Waals surface area contributed by atoms with Gasteiger partial charge in [0.05, 0.1) is 0 Å². The number of fused-ring (bicyclic) bond motifs is 3. The van der Waals surface area contributed by atoms with Gasteiger partial charge in [0, 0.05) is 30.6 Å². The molecule has 25 heavy (non-hydrogen) atoms. The van der Waals surface area contributed by atoms with Crippen molar-refractivity contribution >= 4 is 5.91 Å². The third kappa shape index (κ3) is 3.53. The zero-order chi connectivity index (χ0) is 17.4. The topological polar surface area (TPSA) is 53.6 Å². The number of rotatable bonds is 4. The SMILES string of the molecule is CC1CNC(Oc2ccc(C(=O)N[C@@H]3C4CCN(CC4)[C@H]3C)cc2)C1. The Kier molecular flexibility index (Phi) is 4.69. The Balaban J connectivity index is 1.36. The molecule has 0 spiro atoms. The number of amides is 1. The molecule has 0 aromatic heterocycles. The number of carbonyl (C=O) groups excluding carboxylic acids is 1. The Hall–Kier alpha value is -1.59. The summed E-state index contributed by atoms with van der Waals surface area (Å²) in [4.78, 5) is 15.1. The van der Waals surface area contributed by atoms with Gasteiger partial charge in [-0.15, -0.1) is 0 Å². The van der Waals surface area contributed by atoms with Crippen LogP contribution in [0, 0.1) is 11.8 Å². The molecule has 4 aliphatic rings. The van der Waals surface area contributed by atoms with E-state index >= 15 is 0 Å². The van der Waals surface area contributed by atoms with E-state index in [0.717, 1.165) is 18.7 Å². The van der Waals surface area contributed by atoms with Crippen LogP contribution in [0.1, 0.15) is 43.5 Å². The Bertz CT molecular complexity index is 608. The number of carbonyl (C=O) groups is 1. The van der Waals surface area contributed by atoms with E-state index in [1.54, 1.807) is 0 Å². The molecule has 0 saturated carbocycles. The molecule has 1 aromatic carbocycles. The highest BCUT2D eigenvalue weighted by molar-refractivity contribution is 5.94. The lowest BCUT2D eigenvalue weighted by molar-refractivity contribution is 0.0217. The van der Waals surface area contributed by atoms with E-state index in [4.69, 9.17) is 4.74 Å². The summed E-state index contributed by atoms with van der Waals surface area (Å²) < 4.78 is 5.94. The Morgan fingerprint density at radius 3 is 2.52 bits per heavy atom. The van der Waals surface area contributed by atoms with E-state index < -0.39 is 0 Å². The van der Waals surface area contributed by atoms with Crippen molar-refractivity contribution in [3.8, 4) is 5.75 Å². The number of nitrogens with zero attached hydrogens (tertiary/aromatic N) is 1. The predicted molar refractivity (Wildman–Crippen MR) is 97.7 cm³/mol. The molecule has 5 heteroatoms. The van der Waals surface area contributed by atoms with Crippen molar-refractivity contribution in [3.63, 3.8) is 0 Å². The van der Waals surface area contributed by atoms with Crippen LogP contribution in [0.5, 0.6) is 5.75 Å². The first-order valence-electron chi connectivity index (χ1n) is 9.65. The van der Waals surface area contributed by atoms with Crippen LogP contribution in [0.15, 0.2) is 24.3 Å². The number of nitrogens with one attached hydrogen (secondary N) is 2. The normalized spacial score (nSPS) is 37.0. The van der Waals surface area contributed by atoms with Crippen LogP contribution in [0.2, 0.25) is 0 Å². The van der Waals surface area contributed by atoms with Gasteiger partial charge in [0.2, 0.25) is 0 Å². The lowest BCUT2D eigenvalue weighted by Crippen LogP contribution is -2.62. The van der Waals surface area contributed by atoms with E-state index in [9.17, 15) is 4.79 Å². The predicted octanol–water partition coefficient (Wildman–Crippen LogP) is 2.23. The van der Waals surface area contributed by atoms with Gasteiger partial charge in [0.1, 0.15) is 5.75 Å². The molecular weight excluding hydrogens is 314 g/mol. The summed E-state index contributed by atoms with van der Waals surface area (Å²) in [6.45, 7) is 7.82. The monoisotopic (exact) mass is 343 g/mol. The summed E-state index contributed by atoms with van der Waals surface area (Å²) in [5, 5.41) is 6.64. The molecule has 5 nitrogen and oxygen atoms in total. The number of benzene rings is 1. The zero-order valence-electron chi connectivity index (χ0n) is 15.2. The van der Waals surface area contributed by atoms with Gasteiger partial charge >= 0.3 is 0 Å². The summed E-state index contributed by atoms with van der Waals surface area (Å²) >= 11 is 0. The van der Waals surface area contributed by atoms with E-state index in [1.165, 1.54) is 25.9 Å². The van der Waals surface area contributed by atoms with Crippen LogP contribution < -0.4 is 15.4 Å². The molecule has 0 aliphatic carbocycles. The smallest absolute Gasteiger partial charge is 0.251 e. The number of ether oxygens (including phenoxy) is 1. The van der Waals surface area contributed by atoms with Crippen LogP contribution in [-0.4, -0.2) is 48.8 Å². The number of hydrogen-bond donors (Lipinski definition) is 2. The highest BCUT2D eigenvalue weighted by atomic mass is 16.5. The van der Waals surface area contributed by atoms with Gasteiger partial charge < -0.3 is 10.1 Å². The first-order valence-corrected chi connectivity index (χ1v) is 9.65. The minimum atomic E-state index is 0.0322.